The Bertz CT molecular complexity index is 572. The van der Waals surface area contributed by atoms with Gasteiger partial charge in [0.25, 0.3) is 0 Å². The average molecular weight is 277 g/mol. The third kappa shape index (κ3) is 2.54. The molecule has 0 bridgehead atoms. The van der Waals surface area contributed by atoms with Crippen LogP contribution in [0.25, 0.3) is 11.1 Å². The second-order valence-corrected chi connectivity index (χ2v) is 4.91. The molecule has 0 aliphatic heterocycles. The molecule has 0 fully saturated rings. The lowest BCUT2D eigenvalue weighted by Crippen LogP contribution is -2.02. The summed E-state index contributed by atoms with van der Waals surface area (Å²) in [6.07, 6.45) is 0. The predicted octanol–water partition coefficient (Wildman–Crippen LogP) is 4.17. The molecule has 0 atom stereocenters. The van der Waals surface area contributed by atoms with Crippen molar-refractivity contribution in [2.24, 2.45) is 0 Å². The average Bonchev–Trinajstić information content (AvgIpc) is 2.36. The maximum absolute atomic E-state index is 6.13. The van der Waals surface area contributed by atoms with Crippen molar-refractivity contribution in [2.75, 3.05) is 11.5 Å². The highest BCUT2D eigenvalue weighted by Crippen LogP contribution is 2.35. The van der Waals surface area contributed by atoms with Crippen LogP contribution in [0, 0.1) is 27.7 Å². The van der Waals surface area contributed by atoms with Gasteiger partial charge in [-0.15, -0.1) is 12.4 Å². The zero-order valence-electron chi connectivity index (χ0n) is 11.9. The molecule has 0 radical (unpaired) electrons. The summed E-state index contributed by atoms with van der Waals surface area (Å²) in [5.41, 5.74) is 20.9. The SMILES string of the molecule is Cc1c(C)c(-c2ccc(N)cc2)c(C)c(C)c1N.Cl. The number of rotatable bonds is 1. The summed E-state index contributed by atoms with van der Waals surface area (Å²) in [6.45, 7) is 8.42. The van der Waals surface area contributed by atoms with Gasteiger partial charge in [0.1, 0.15) is 0 Å². The molecule has 0 aliphatic rings. The lowest BCUT2D eigenvalue weighted by Gasteiger charge is -2.18. The molecule has 102 valence electrons. The Morgan fingerprint density at radius 1 is 0.684 bits per heavy atom. The van der Waals surface area contributed by atoms with Gasteiger partial charge in [-0.1, -0.05) is 12.1 Å². The summed E-state index contributed by atoms with van der Waals surface area (Å²) in [5.74, 6) is 0. The van der Waals surface area contributed by atoms with Crippen LogP contribution in [0.1, 0.15) is 22.3 Å². The number of benzene rings is 2. The van der Waals surface area contributed by atoms with Gasteiger partial charge < -0.3 is 11.5 Å². The van der Waals surface area contributed by atoms with Crippen molar-refractivity contribution in [2.45, 2.75) is 27.7 Å². The maximum Gasteiger partial charge on any atom is 0.0379 e. The first-order chi connectivity index (χ1) is 8.43. The van der Waals surface area contributed by atoms with Crippen molar-refractivity contribution in [3.05, 3.63) is 46.5 Å². The van der Waals surface area contributed by atoms with Gasteiger partial charge >= 0.3 is 0 Å². The maximum atomic E-state index is 6.13. The third-order valence-electron chi connectivity index (χ3n) is 3.88. The minimum absolute atomic E-state index is 0. The molecule has 2 aromatic carbocycles. The summed E-state index contributed by atoms with van der Waals surface area (Å²) in [4.78, 5) is 0. The van der Waals surface area contributed by atoms with Crippen LogP contribution in [0.3, 0.4) is 0 Å². The quantitative estimate of drug-likeness (QED) is 0.768. The number of halogens is 1. The minimum Gasteiger partial charge on any atom is -0.399 e. The van der Waals surface area contributed by atoms with Crippen LogP contribution in [0.2, 0.25) is 0 Å². The summed E-state index contributed by atoms with van der Waals surface area (Å²) >= 11 is 0. The minimum atomic E-state index is 0. The predicted molar refractivity (Wildman–Crippen MR) is 86.9 cm³/mol. The number of anilines is 2. The van der Waals surface area contributed by atoms with E-state index in [1.165, 1.54) is 33.4 Å². The molecule has 2 nitrogen and oxygen atoms in total. The number of nitrogen functional groups attached to an aromatic ring is 2. The molecule has 2 aromatic rings. The Labute approximate surface area is 121 Å². The van der Waals surface area contributed by atoms with Gasteiger partial charge in [-0.2, -0.15) is 0 Å². The Balaban J connectivity index is 0.00000180. The fourth-order valence-corrected chi connectivity index (χ4v) is 2.42. The summed E-state index contributed by atoms with van der Waals surface area (Å²) in [7, 11) is 0. The van der Waals surface area contributed by atoms with Gasteiger partial charge in [-0.25, -0.2) is 0 Å². The van der Waals surface area contributed by atoms with Crippen LogP contribution < -0.4 is 11.5 Å². The largest absolute Gasteiger partial charge is 0.399 e. The van der Waals surface area contributed by atoms with Crippen molar-refractivity contribution in [1.29, 1.82) is 0 Å². The lowest BCUT2D eigenvalue weighted by atomic mass is 9.88. The normalized spacial score (nSPS) is 10.1. The first-order valence-electron chi connectivity index (χ1n) is 6.15. The third-order valence-corrected chi connectivity index (χ3v) is 3.88. The van der Waals surface area contributed by atoms with E-state index in [0.717, 1.165) is 11.4 Å². The molecule has 0 saturated heterocycles. The van der Waals surface area contributed by atoms with E-state index in [2.05, 4.69) is 39.8 Å². The van der Waals surface area contributed by atoms with E-state index in [4.69, 9.17) is 11.5 Å². The number of hydrogen-bond acceptors (Lipinski definition) is 2. The van der Waals surface area contributed by atoms with Crippen molar-refractivity contribution < 1.29 is 0 Å². The Kier molecular flexibility index (Phi) is 4.48. The van der Waals surface area contributed by atoms with E-state index in [9.17, 15) is 0 Å². The summed E-state index contributed by atoms with van der Waals surface area (Å²) in [5, 5.41) is 0. The highest BCUT2D eigenvalue weighted by Gasteiger charge is 2.13. The highest BCUT2D eigenvalue weighted by atomic mass is 35.5. The first kappa shape index (κ1) is 15.4. The van der Waals surface area contributed by atoms with Gasteiger partial charge in [-0.05, 0) is 73.2 Å². The summed E-state index contributed by atoms with van der Waals surface area (Å²) in [6, 6.07) is 8.02. The highest BCUT2D eigenvalue weighted by molar-refractivity contribution is 5.85. The first-order valence-corrected chi connectivity index (χ1v) is 6.15. The molecule has 0 amide bonds. The molecule has 0 unspecified atom stereocenters. The van der Waals surface area contributed by atoms with Gasteiger partial charge in [0, 0.05) is 11.4 Å². The molecule has 0 saturated carbocycles. The fourth-order valence-electron chi connectivity index (χ4n) is 2.42. The Morgan fingerprint density at radius 2 is 1.11 bits per heavy atom. The van der Waals surface area contributed by atoms with E-state index < -0.39 is 0 Å². The van der Waals surface area contributed by atoms with E-state index in [0.29, 0.717) is 0 Å². The van der Waals surface area contributed by atoms with Gasteiger partial charge in [0.2, 0.25) is 0 Å². The van der Waals surface area contributed by atoms with Crippen molar-refractivity contribution in [3.8, 4) is 11.1 Å². The second kappa shape index (κ2) is 5.54. The van der Waals surface area contributed by atoms with Crippen LogP contribution in [-0.4, -0.2) is 0 Å². The molecule has 0 heterocycles. The molecular formula is C16H21ClN2. The number of nitrogens with two attached hydrogens (primary N) is 2. The van der Waals surface area contributed by atoms with Crippen molar-refractivity contribution in [1.82, 2.24) is 0 Å². The van der Waals surface area contributed by atoms with Crippen LogP contribution in [-0.2, 0) is 0 Å². The van der Waals surface area contributed by atoms with E-state index in [1.54, 1.807) is 0 Å². The number of hydrogen-bond donors (Lipinski definition) is 2. The topological polar surface area (TPSA) is 52.0 Å². The Morgan fingerprint density at radius 3 is 1.53 bits per heavy atom. The lowest BCUT2D eigenvalue weighted by molar-refractivity contribution is 1.25. The van der Waals surface area contributed by atoms with Gasteiger partial charge in [0.05, 0.1) is 0 Å². The monoisotopic (exact) mass is 276 g/mol. The van der Waals surface area contributed by atoms with Crippen LogP contribution >= 0.6 is 12.4 Å². The smallest absolute Gasteiger partial charge is 0.0379 e. The molecule has 0 aliphatic carbocycles. The van der Waals surface area contributed by atoms with Crippen LogP contribution in [0.15, 0.2) is 24.3 Å². The van der Waals surface area contributed by atoms with Gasteiger partial charge in [-0.3, -0.25) is 0 Å². The zero-order chi connectivity index (χ0) is 13.4. The van der Waals surface area contributed by atoms with E-state index in [1.807, 2.05) is 12.1 Å². The van der Waals surface area contributed by atoms with E-state index >= 15 is 0 Å². The van der Waals surface area contributed by atoms with Crippen LogP contribution in [0.5, 0.6) is 0 Å². The van der Waals surface area contributed by atoms with Gasteiger partial charge in [0.15, 0.2) is 0 Å². The van der Waals surface area contributed by atoms with Crippen molar-refractivity contribution in [3.63, 3.8) is 0 Å². The molecule has 19 heavy (non-hydrogen) atoms. The van der Waals surface area contributed by atoms with Crippen LogP contribution in [0.4, 0.5) is 11.4 Å². The molecule has 2 rings (SSSR count). The Hall–Kier alpha value is -1.67. The second-order valence-electron chi connectivity index (χ2n) is 4.91. The fraction of sp³-hybridized carbons (Fsp3) is 0.250. The molecular weight excluding hydrogens is 256 g/mol. The zero-order valence-corrected chi connectivity index (χ0v) is 12.7. The van der Waals surface area contributed by atoms with E-state index in [-0.39, 0.29) is 12.4 Å². The molecule has 3 heteroatoms. The molecule has 0 spiro atoms. The standard InChI is InChI=1S/C16H20N2.ClH/c1-9-11(3)16(18)12(4)10(2)15(9)13-5-7-14(17)8-6-13;/h5-8H,17-18H2,1-4H3;1H. The molecule has 0 aromatic heterocycles. The van der Waals surface area contributed by atoms with Crippen molar-refractivity contribution >= 4 is 23.8 Å². The molecule has 4 N–H and O–H groups in total. The summed E-state index contributed by atoms with van der Waals surface area (Å²) < 4.78 is 0.